The first-order chi connectivity index (χ1) is 14.8. The molecule has 0 heterocycles. The minimum absolute atomic E-state index is 0.0750. The van der Waals surface area contributed by atoms with E-state index in [1.165, 1.54) is 25.1 Å². The Bertz CT molecular complexity index is 967. The van der Waals surface area contributed by atoms with Crippen molar-refractivity contribution in [1.29, 1.82) is 0 Å². The van der Waals surface area contributed by atoms with Crippen LogP contribution in [0.5, 0.6) is 5.75 Å². The summed E-state index contributed by atoms with van der Waals surface area (Å²) in [6.45, 7) is 0.846. The first-order valence-electron chi connectivity index (χ1n) is 8.73. The standard InChI is InChI=1S/C19H15Cl2F5N2O4/c1-2-31-16(30)17(18(22,23)24,28-15(29)11-4-3-5-12(20)10-11)27-13-6-8-14(9-7-13)32-19(21,25)26/h3-10,27H,2H2,1H3,(H,28,29)/t17-/m1/s1. The van der Waals surface area contributed by atoms with Crippen molar-refractivity contribution in [1.82, 2.24) is 5.32 Å². The largest absolute Gasteiger partial charge is 0.487 e. The molecule has 0 saturated carbocycles. The molecule has 0 spiro atoms. The topological polar surface area (TPSA) is 76.7 Å². The van der Waals surface area contributed by atoms with E-state index in [9.17, 15) is 31.5 Å². The van der Waals surface area contributed by atoms with Crippen LogP contribution in [0.25, 0.3) is 0 Å². The average Bonchev–Trinajstić information content (AvgIpc) is 2.67. The number of esters is 1. The van der Waals surface area contributed by atoms with Gasteiger partial charge >= 0.3 is 23.4 Å². The van der Waals surface area contributed by atoms with E-state index in [1.54, 1.807) is 5.32 Å². The van der Waals surface area contributed by atoms with Gasteiger partial charge in [-0.05, 0) is 49.4 Å². The first-order valence-corrected chi connectivity index (χ1v) is 9.49. The Hall–Kier alpha value is -2.79. The van der Waals surface area contributed by atoms with E-state index < -0.39 is 41.6 Å². The van der Waals surface area contributed by atoms with Crippen molar-refractivity contribution in [2.24, 2.45) is 0 Å². The number of nitrogens with one attached hydrogen (secondary N) is 2. The molecule has 1 atom stereocenters. The Labute approximate surface area is 188 Å². The second-order valence-corrected chi connectivity index (χ2v) is 7.01. The minimum atomic E-state index is -5.40. The second-order valence-electron chi connectivity index (χ2n) is 6.13. The van der Waals surface area contributed by atoms with E-state index in [2.05, 4.69) is 21.1 Å². The maximum Gasteiger partial charge on any atom is 0.487 e. The molecule has 0 fully saturated rings. The summed E-state index contributed by atoms with van der Waals surface area (Å²) >= 11 is 10.4. The quantitative estimate of drug-likeness (QED) is 0.226. The Morgan fingerprint density at radius 3 is 2.16 bits per heavy atom. The van der Waals surface area contributed by atoms with Crippen LogP contribution in [0.15, 0.2) is 48.5 Å². The number of carbonyl (C=O) groups excluding carboxylic acids is 2. The van der Waals surface area contributed by atoms with Crippen molar-refractivity contribution in [3.63, 3.8) is 0 Å². The summed E-state index contributed by atoms with van der Waals surface area (Å²) in [7, 11) is 0. The van der Waals surface area contributed by atoms with Crippen LogP contribution in [-0.2, 0) is 9.53 Å². The van der Waals surface area contributed by atoms with Gasteiger partial charge in [0.15, 0.2) is 0 Å². The van der Waals surface area contributed by atoms with Gasteiger partial charge in [-0.15, -0.1) is 8.78 Å². The van der Waals surface area contributed by atoms with Crippen LogP contribution in [0.4, 0.5) is 27.6 Å². The van der Waals surface area contributed by atoms with Crippen LogP contribution in [0.3, 0.4) is 0 Å². The van der Waals surface area contributed by atoms with Crippen LogP contribution >= 0.6 is 23.2 Å². The molecular formula is C19H15Cl2F5N2O4. The maximum absolute atomic E-state index is 14.1. The molecular weight excluding hydrogens is 486 g/mol. The van der Waals surface area contributed by atoms with Gasteiger partial charge in [0.2, 0.25) is 0 Å². The van der Waals surface area contributed by atoms with Gasteiger partial charge in [-0.25, -0.2) is 4.79 Å². The van der Waals surface area contributed by atoms with Gasteiger partial charge in [-0.2, -0.15) is 13.2 Å². The number of benzene rings is 2. The van der Waals surface area contributed by atoms with Gasteiger partial charge in [0, 0.05) is 27.9 Å². The lowest BCUT2D eigenvalue weighted by atomic mass is 10.1. The van der Waals surface area contributed by atoms with Crippen LogP contribution < -0.4 is 15.4 Å². The zero-order chi connectivity index (χ0) is 24.2. The monoisotopic (exact) mass is 500 g/mol. The lowest BCUT2D eigenvalue weighted by Gasteiger charge is -2.35. The number of halogens is 7. The zero-order valence-corrected chi connectivity index (χ0v) is 17.6. The molecule has 174 valence electrons. The van der Waals surface area contributed by atoms with Crippen LogP contribution in [0.2, 0.25) is 5.02 Å². The Morgan fingerprint density at radius 2 is 1.66 bits per heavy atom. The molecule has 0 aliphatic carbocycles. The molecule has 0 aromatic heterocycles. The number of anilines is 1. The van der Waals surface area contributed by atoms with E-state index in [0.29, 0.717) is 0 Å². The fourth-order valence-corrected chi connectivity index (χ4v) is 2.74. The highest BCUT2D eigenvalue weighted by Crippen LogP contribution is 2.34. The number of hydrogen-bond acceptors (Lipinski definition) is 5. The van der Waals surface area contributed by atoms with Gasteiger partial charge in [0.25, 0.3) is 5.91 Å². The van der Waals surface area contributed by atoms with Gasteiger partial charge in [-0.3, -0.25) is 4.79 Å². The fourth-order valence-electron chi connectivity index (χ4n) is 2.46. The predicted molar refractivity (Wildman–Crippen MR) is 106 cm³/mol. The molecule has 0 saturated heterocycles. The average molecular weight is 501 g/mol. The highest BCUT2D eigenvalue weighted by Gasteiger charge is 2.63. The Balaban J connectivity index is 2.45. The van der Waals surface area contributed by atoms with Gasteiger partial charge in [0.1, 0.15) is 5.75 Å². The van der Waals surface area contributed by atoms with Gasteiger partial charge in [-0.1, -0.05) is 17.7 Å². The molecule has 2 rings (SSSR count). The van der Waals surface area contributed by atoms with Crippen molar-refractivity contribution in [3.05, 3.63) is 59.1 Å². The molecule has 0 unspecified atom stereocenters. The van der Waals surface area contributed by atoms with Crippen LogP contribution in [0, 0.1) is 0 Å². The van der Waals surface area contributed by atoms with Crippen LogP contribution in [-0.4, -0.2) is 35.9 Å². The van der Waals surface area contributed by atoms with Gasteiger partial charge < -0.3 is 20.1 Å². The summed E-state index contributed by atoms with van der Waals surface area (Å²) in [6.07, 6.45) is -5.40. The number of amides is 1. The Morgan fingerprint density at radius 1 is 1.03 bits per heavy atom. The molecule has 2 aromatic rings. The summed E-state index contributed by atoms with van der Waals surface area (Å²) in [6, 6.07) is 8.58. The number of rotatable bonds is 8. The minimum Gasteiger partial charge on any atom is -0.463 e. The summed E-state index contributed by atoms with van der Waals surface area (Å²) in [5.74, 6) is -3.60. The molecule has 2 N–H and O–H groups in total. The summed E-state index contributed by atoms with van der Waals surface area (Å²) < 4.78 is 76.5. The lowest BCUT2D eigenvalue weighted by molar-refractivity contribution is -0.204. The van der Waals surface area contributed by atoms with Crippen molar-refractivity contribution >= 4 is 40.8 Å². The molecule has 1 amide bonds. The van der Waals surface area contributed by atoms with Crippen LogP contribution in [0.1, 0.15) is 17.3 Å². The molecule has 0 aliphatic heterocycles. The third-order valence-corrected chi connectivity index (χ3v) is 4.13. The van der Waals surface area contributed by atoms with Crippen molar-refractivity contribution in [2.75, 3.05) is 11.9 Å². The molecule has 0 aliphatic rings. The highest BCUT2D eigenvalue weighted by atomic mass is 35.5. The van der Waals surface area contributed by atoms with E-state index in [4.69, 9.17) is 11.6 Å². The lowest BCUT2D eigenvalue weighted by Crippen LogP contribution is -2.69. The van der Waals surface area contributed by atoms with Crippen molar-refractivity contribution in [2.45, 2.75) is 24.3 Å². The van der Waals surface area contributed by atoms with E-state index in [-0.39, 0.29) is 16.3 Å². The van der Waals surface area contributed by atoms with Crippen molar-refractivity contribution in [3.8, 4) is 5.75 Å². The molecule has 2 aromatic carbocycles. The number of hydrogen-bond donors (Lipinski definition) is 2. The number of alkyl halides is 6. The molecule has 32 heavy (non-hydrogen) atoms. The first kappa shape index (κ1) is 25.5. The van der Waals surface area contributed by atoms with E-state index >= 15 is 0 Å². The normalized spacial score (nSPS) is 13.6. The van der Waals surface area contributed by atoms with Gasteiger partial charge in [0.05, 0.1) is 6.61 Å². The second kappa shape index (κ2) is 9.78. The highest BCUT2D eigenvalue weighted by molar-refractivity contribution is 6.31. The molecule has 0 bridgehead atoms. The Kier molecular flexibility index (Phi) is 7.79. The third kappa shape index (κ3) is 6.36. The summed E-state index contributed by atoms with van der Waals surface area (Å²) in [5, 5.41) is 3.58. The SMILES string of the molecule is CCOC(=O)[C@](NC(=O)c1cccc(Cl)c1)(Nc1ccc(OC(F)(F)Cl)cc1)C(F)(F)F. The zero-order valence-electron chi connectivity index (χ0n) is 16.1. The molecule has 6 nitrogen and oxygen atoms in total. The molecule has 0 radical (unpaired) electrons. The van der Waals surface area contributed by atoms with E-state index in [1.807, 2.05) is 5.32 Å². The third-order valence-electron chi connectivity index (χ3n) is 3.81. The summed E-state index contributed by atoms with van der Waals surface area (Å²) in [5.41, 5.74) is -8.40. The van der Waals surface area contributed by atoms with E-state index in [0.717, 1.165) is 30.3 Å². The number of carbonyl (C=O) groups is 2. The summed E-state index contributed by atoms with van der Waals surface area (Å²) in [4.78, 5) is 25.0. The maximum atomic E-state index is 14.1. The predicted octanol–water partition coefficient (Wildman–Crippen LogP) is 5.17. The molecule has 13 heteroatoms. The smallest absolute Gasteiger partial charge is 0.463 e. The number of ether oxygens (including phenoxy) is 2. The van der Waals surface area contributed by atoms with Crippen molar-refractivity contribution < 1.29 is 41.0 Å². The fraction of sp³-hybridized carbons (Fsp3) is 0.263.